The topological polar surface area (TPSA) is 231 Å². The smallest absolute Gasteiger partial charge is 0.463 e. The van der Waals surface area contributed by atoms with Crippen molar-refractivity contribution in [3.63, 3.8) is 0 Å². The summed E-state index contributed by atoms with van der Waals surface area (Å²) in [7, 11) is -9.84. The maximum absolute atomic E-state index is 13.0. The number of allylic oxidation sites excluding steroid dienone is 32. The summed E-state index contributed by atoms with van der Waals surface area (Å²) in [5.41, 5.74) is 0. The minimum absolute atomic E-state index is 0.0293. The summed E-state index contributed by atoms with van der Waals surface area (Å²) < 4.78 is 61.0. The molecule has 0 aliphatic heterocycles. The SMILES string of the molecule is CC/C=C\C/C=C\C/C=C\C/C=C\C/C=C\C/C=C\CCC(=O)OCC(COP(=O)(O)OCC(O)COP(=O)(O)OCC(O)COC(=O)CCCCCCCCCCCCC/C=C\C/C=C\C/C=C\C/C=C\C/C=C\CC)OC(=O)CCCCC/C=C\C/C=C\C/C=C\C/C=C\C/C=C\CC. The van der Waals surface area contributed by atoms with E-state index in [-0.39, 0.29) is 19.3 Å². The predicted molar refractivity (Wildman–Crippen MR) is 417 cm³/mol. The summed E-state index contributed by atoms with van der Waals surface area (Å²) in [4.78, 5) is 58.6. The van der Waals surface area contributed by atoms with Gasteiger partial charge in [0.05, 0.1) is 26.4 Å². The summed E-state index contributed by atoms with van der Waals surface area (Å²) in [6.45, 7) is 2.17. The lowest BCUT2D eigenvalue weighted by atomic mass is 10.0. The Balaban J connectivity index is 4.72. The standard InChI is InChI=1S/C83H132O16P2/c1-4-7-10-13-16-19-22-25-28-31-34-35-36-37-38-39-40-41-44-46-48-51-54-57-60-63-66-69-81(86)93-72-78(84)73-95-100(89,90)96-74-79(85)75-97-101(91,92)98-77-80(99-83(88)71-68-65-62-59-56-53-50-47-43-33-30-27-24-21-18-15-12-9-6-3)76-94-82(87)70-67-64-61-58-55-52-49-45-42-32-29-26-23-20-17-14-11-8-5-2/h7-12,16-21,25-30,34-35,37-38,42-43,45,47,52-53,55-56,61,64,78-80,84-85H,4-6,13-15,22-24,31-33,36,39-41,44,46,48-51,54,57-60,62-63,65-77H2,1-3H3,(H,89,90)(H,91,92)/b10-7-,11-8-,12-9-,19-16-,20-17-,21-18-,28-25-,29-26-,30-27-,35-34-,38-37-,45-42-,47-43-,55-52-,56-53-,64-61-. The van der Waals surface area contributed by atoms with Gasteiger partial charge < -0.3 is 34.2 Å². The zero-order valence-electron chi connectivity index (χ0n) is 62.0. The molecule has 0 aromatic carbocycles. The van der Waals surface area contributed by atoms with Gasteiger partial charge in [0.15, 0.2) is 6.10 Å². The Bertz CT molecular complexity index is 2620. The minimum atomic E-state index is -4.97. The van der Waals surface area contributed by atoms with Crippen LogP contribution < -0.4 is 0 Å². The van der Waals surface area contributed by atoms with Gasteiger partial charge in [0.1, 0.15) is 25.4 Å². The fraction of sp³-hybridized carbons (Fsp3) is 0.578. The first-order valence-electron chi connectivity index (χ1n) is 37.7. The van der Waals surface area contributed by atoms with E-state index in [0.717, 1.165) is 148 Å². The van der Waals surface area contributed by atoms with Gasteiger partial charge in [0, 0.05) is 19.3 Å². The second kappa shape index (κ2) is 74.1. The molecule has 0 amide bonds. The summed E-state index contributed by atoms with van der Waals surface area (Å²) in [6.07, 6.45) is 96.4. The van der Waals surface area contributed by atoms with Gasteiger partial charge in [-0.15, -0.1) is 0 Å². The Morgan fingerprint density at radius 2 is 0.515 bits per heavy atom. The van der Waals surface area contributed by atoms with Gasteiger partial charge in [0.2, 0.25) is 0 Å². The number of carbonyl (C=O) groups is 3. The van der Waals surface area contributed by atoms with Gasteiger partial charge in [-0.05, 0) is 148 Å². The lowest BCUT2D eigenvalue weighted by molar-refractivity contribution is -0.161. The number of phosphoric ester groups is 2. The van der Waals surface area contributed by atoms with Crippen LogP contribution in [-0.2, 0) is 55.8 Å². The van der Waals surface area contributed by atoms with Crippen molar-refractivity contribution in [1.29, 1.82) is 0 Å². The lowest BCUT2D eigenvalue weighted by Gasteiger charge is -2.21. The molecule has 0 spiro atoms. The summed E-state index contributed by atoms with van der Waals surface area (Å²) >= 11 is 0. The molecule has 0 saturated heterocycles. The van der Waals surface area contributed by atoms with E-state index in [1.54, 1.807) is 0 Å². The summed E-state index contributed by atoms with van der Waals surface area (Å²) in [5, 5.41) is 20.6. The van der Waals surface area contributed by atoms with Crippen molar-refractivity contribution in [3.05, 3.63) is 194 Å². The van der Waals surface area contributed by atoms with Crippen molar-refractivity contribution >= 4 is 33.6 Å². The fourth-order valence-electron chi connectivity index (χ4n) is 9.18. The second-order valence-electron chi connectivity index (χ2n) is 24.3. The van der Waals surface area contributed by atoms with E-state index < -0.39 is 91.5 Å². The quantitative estimate of drug-likeness (QED) is 0.0146. The number of phosphoric acid groups is 2. The number of unbranched alkanes of at least 4 members (excludes halogenated alkanes) is 14. The first-order valence-corrected chi connectivity index (χ1v) is 40.7. The fourth-order valence-corrected chi connectivity index (χ4v) is 10.8. The maximum Gasteiger partial charge on any atom is 0.472 e. The predicted octanol–water partition coefficient (Wildman–Crippen LogP) is 22.0. The van der Waals surface area contributed by atoms with E-state index in [1.807, 2.05) is 18.2 Å². The molecule has 101 heavy (non-hydrogen) atoms. The normalized spacial score (nSPS) is 15.1. The van der Waals surface area contributed by atoms with Crippen LogP contribution in [0.5, 0.6) is 0 Å². The molecular weight excluding hydrogens is 1310 g/mol. The van der Waals surface area contributed by atoms with Gasteiger partial charge in [0.25, 0.3) is 0 Å². The maximum atomic E-state index is 13.0. The molecule has 0 fully saturated rings. The van der Waals surface area contributed by atoms with Gasteiger partial charge in [-0.1, -0.05) is 279 Å². The molecule has 5 unspecified atom stereocenters. The van der Waals surface area contributed by atoms with Crippen LogP contribution in [0.2, 0.25) is 0 Å². The molecule has 0 aromatic heterocycles. The first kappa shape index (κ1) is 95.4. The Morgan fingerprint density at radius 1 is 0.277 bits per heavy atom. The minimum Gasteiger partial charge on any atom is -0.463 e. The van der Waals surface area contributed by atoms with Crippen molar-refractivity contribution < 1.29 is 75.8 Å². The molecular formula is C83H132O16P2. The Labute approximate surface area is 610 Å². The number of aliphatic hydroxyl groups excluding tert-OH is 2. The van der Waals surface area contributed by atoms with E-state index in [2.05, 4.69) is 197 Å². The monoisotopic (exact) mass is 1450 g/mol. The average molecular weight is 1450 g/mol. The molecule has 570 valence electrons. The largest absolute Gasteiger partial charge is 0.472 e. The lowest BCUT2D eigenvalue weighted by Crippen LogP contribution is -2.30. The van der Waals surface area contributed by atoms with Crippen molar-refractivity contribution in [1.82, 2.24) is 0 Å². The summed E-state index contributed by atoms with van der Waals surface area (Å²) in [6, 6.07) is 0. The third-order valence-electron chi connectivity index (χ3n) is 14.8. The number of carbonyl (C=O) groups excluding carboxylic acids is 3. The second-order valence-corrected chi connectivity index (χ2v) is 27.2. The van der Waals surface area contributed by atoms with Crippen LogP contribution in [0.1, 0.15) is 252 Å². The van der Waals surface area contributed by atoms with Gasteiger partial charge >= 0.3 is 33.6 Å². The molecule has 0 radical (unpaired) electrons. The number of ether oxygens (including phenoxy) is 3. The van der Waals surface area contributed by atoms with Crippen LogP contribution in [0.15, 0.2) is 194 Å². The van der Waals surface area contributed by atoms with Crippen LogP contribution in [0, 0.1) is 0 Å². The number of hydrogen-bond acceptors (Lipinski definition) is 14. The molecule has 18 heteroatoms. The van der Waals surface area contributed by atoms with Gasteiger partial charge in [-0.3, -0.25) is 32.5 Å². The molecule has 16 nitrogen and oxygen atoms in total. The molecule has 0 saturated carbocycles. The Morgan fingerprint density at radius 3 is 0.851 bits per heavy atom. The van der Waals surface area contributed by atoms with Crippen LogP contribution in [0.4, 0.5) is 0 Å². The van der Waals surface area contributed by atoms with Crippen molar-refractivity contribution in [2.24, 2.45) is 0 Å². The number of rotatable bonds is 69. The summed E-state index contributed by atoms with van der Waals surface area (Å²) in [5.74, 6) is -1.73. The Kier molecular flexibility index (Phi) is 70.0. The third-order valence-corrected chi connectivity index (χ3v) is 16.7. The molecule has 0 rings (SSSR count). The van der Waals surface area contributed by atoms with Crippen LogP contribution in [0.25, 0.3) is 0 Å². The van der Waals surface area contributed by atoms with Crippen LogP contribution >= 0.6 is 15.6 Å². The van der Waals surface area contributed by atoms with Crippen molar-refractivity contribution in [2.45, 2.75) is 270 Å². The molecule has 0 heterocycles. The van der Waals surface area contributed by atoms with Crippen LogP contribution in [0.3, 0.4) is 0 Å². The van der Waals surface area contributed by atoms with Gasteiger partial charge in [-0.2, -0.15) is 0 Å². The van der Waals surface area contributed by atoms with Gasteiger partial charge in [-0.25, -0.2) is 9.13 Å². The van der Waals surface area contributed by atoms with E-state index in [4.69, 9.17) is 32.3 Å². The molecule has 0 aliphatic carbocycles. The van der Waals surface area contributed by atoms with Crippen molar-refractivity contribution in [2.75, 3.05) is 39.6 Å². The van der Waals surface area contributed by atoms with E-state index >= 15 is 0 Å². The number of hydrogen-bond donors (Lipinski definition) is 4. The highest BCUT2D eigenvalue weighted by Crippen LogP contribution is 2.45. The average Bonchev–Trinajstić information content (AvgIpc) is 1.17. The molecule has 0 aliphatic rings. The van der Waals surface area contributed by atoms with E-state index in [9.17, 15) is 43.5 Å². The zero-order chi connectivity index (χ0) is 73.7. The highest BCUT2D eigenvalue weighted by molar-refractivity contribution is 7.47. The molecule has 0 aromatic rings. The first-order chi connectivity index (χ1) is 49.2. The van der Waals surface area contributed by atoms with E-state index in [0.29, 0.717) is 25.7 Å². The van der Waals surface area contributed by atoms with Crippen LogP contribution in [-0.4, -0.2) is 95.9 Å². The highest BCUT2D eigenvalue weighted by Gasteiger charge is 2.29. The molecule has 4 N–H and O–H groups in total. The highest BCUT2D eigenvalue weighted by atomic mass is 31.2. The number of esters is 3. The molecule has 0 bridgehead atoms. The third kappa shape index (κ3) is 75.4. The Hall–Kier alpha value is -5.61. The van der Waals surface area contributed by atoms with E-state index in [1.165, 1.54) is 38.5 Å². The zero-order valence-corrected chi connectivity index (χ0v) is 63.8. The van der Waals surface area contributed by atoms with Crippen molar-refractivity contribution in [3.8, 4) is 0 Å². The molecule has 5 atom stereocenters. The number of aliphatic hydroxyl groups is 2.